The van der Waals surface area contributed by atoms with E-state index < -0.39 is 11.6 Å². The van der Waals surface area contributed by atoms with Crippen LogP contribution in [0.3, 0.4) is 0 Å². The van der Waals surface area contributed by atoms with Gasteiger partial charge in [0.15, 0.2) is 0 Å². The Morgan fingerprint density at radius 1 is 1.50 bits per heavy atom. The zero-order chi connectivity index (χ0) is 13.8. The van der Waals surface area contributed by atoms with Crippen LogP contribution in [0.25, 0.3) is 0 Å². The molecule has 1 aromatic carbocycles. The summed E-state index contributed by atoms with van der Waals surface area (Å²) in [6.45, 7) is 3.01. The van der Waals surface area contributed by atoms with Crippen LogP contribution in [-0.4, -0.2) is 25.0 Å². The van der Waals surface area contributed by atoms with Gasteiger partial charge < -0.3 is 10.6 Å². The van der Waals surface area contributed by atoms with E-state index in [4.69, 9.17) is 0 Å². The van der Waals surface area contributed by atoms with E-state index in [0.29, 0.717) is 12.1 Å². The minimum Gasteiger partial charge on any atom is -0.354 e. The molecule has 1 aliphatic heterocycles. The van der Waals surface area contributed by atoms with E-state index in [1.807, 2.05) is 0 Å². The van der Waals surface area contributed by atoms with Gasteiger partial charge in [-0.2, -0.15) is 0 Å². The van der Waals surface area contributed by atoms with Gasteiger partial charge >= 0.3 is 0 Å². The van der Waals surface area contributed by atoms with Crippen molar-refractivity contribution in [3.63, 3.8) is 0 Å². The summed E-state index contributed by atoms with van der Waals surface area (Å²) in [5.74, 6) is -1.40. The highest BCUT2D eigenvalue weighted by molar-refractivity contribution is 5.85. The second-order valence-electron chi connectivity index (χ2n) is 4.96. The molecule has 1 heterocycles. The molecule has 2 atom stereocenters. The summed E-state index contributed by atoms with van der Waals surface area (Å²) in [4.78, 5) is 11.8. The first-order valence-electron chi connectivity index (χ1n) is 6.54. The molecule has 0 spiro atoms. The van der Waals surface area contributed by atoms with E-state index in [1.54, 1.807) is 6.92 Å². The molecule has 6 heteroatoms. The molecular formula is C14H19ClF2N2O. The first-order chi connectivity index (χ1) is 9.08. The first-order valence-corrected chi connectivity index (χ1v) is 6.54. The maximum Gasteiger partial charge on any atom is 0.237 e. The van der Waals surface area contributed by atoms with Gasteiger partial charge in [0, 0.05) is 18.5 Å². The van der Waals surface area contributed by atoms with Gasteiger partial charge in [-0.15, -0.1) is 12.4 Å². The predicted octanol–water partition coefficient (Wildman–Crippen LogP) is 2.36. The monoisotopic (exact) mass is 304 g/mol. The zero-order valence-electron chi connectivity index (χ0n) is 11.3. The van der Waals surface area contributed by atoms with E-state index in [9.17, 15) is 13.6 Å². The van der Waals surface area contributed by atoms with E-state index in [2.05, 4.69) is 10.6 Å². The van der Waals surface area contributed by atoms with Crippen molar-refractivity contribution in [2.45, 2.75) is 31.7 Å². The molecule has 20 heavy (non-hydrogen) atoms. The number of nitrogens with one attached hydrogen (secondary N) is 2. The smallest absolute Gasteiger partial charge is 0.237 e. The Hall–Kier alpha value is -1.20. The highest BCUT2D eigenvalue weighted by Crippen LogP contribution is 2.19. The first kappa shape index (κ1) is 16.9. The lowest BCUT2D eigenvalue weighted by Crippen LogP contribution is -2.41. The van der Waals surface area contributed by atoms with Crippen LogP contribution < -0.4 is 10.6 Å². The summed E-state index contributed by atoms with van der Waals surface area (Å²) in [5, 5.41) is 5.91. The van der Waals surface area contributed by atoms with Crippen LogP contribution in [0.4, 0.5) is 8.78 Å². The summed E-state index contributed by atoms with van der Waals surface area (Å²) in [5.41, 5.74) is 0.418. The standard InChI is InChI=1S/C14H18F2N2O.ClH/c1-9(11-5-4-10(15)7-12(11)16)8-18-14(19)13-3-2-6-17-13;/h4-5,7,9,13,17H,2-3,6,8H2,1H3,(H,18,19);1H. The minimum absolute atomic E-state index is 0. The topological polar surface area (TPSA) is 41.1 Å². The fraction of sp³-hybridized carbons (Fsp3) is 0.500. The molecule has 3 nitrogen and oxygen atoms in total. The van der Waals surface area contributed by atoms with Crippen LogP contribution in [0, 0.1) is 11.6 Å². The molecule has 0 aromatic heterocycles. The summed E-state index contributed by atoms with van der Waals surface area (Å²) < 4.78 is 26.4. The van der Waals surface area contributed by atoms with Gasteiger partial charge in [-0.3, -0.25) is 4.79 Å². The normalized spacial score (nSPS) is 19.2. The Balaban J connectivity index is 0.00000200. The van der Waals surface area contributed by atoms with Gasteiger partial charge in [0.05, 0.1) is 6.04 Å². The molecular weight excluding hydrogens is 286 g/mol. The highest BCUT2D eigenvalue weighted by Gasteiger charge is 2.22. The number of rotatable bonds is 4. The van der Waals surface area contributed by atoms with Crippen molar-refractivity contribution in [3.05, 3.63) is 35.4 Å². The summed E-state index contributed by atoms with van der Waals surface area (Å²) >= 11 is 0. The zero-order valence-corrected chi connectivity index (χ0v) is 12.1. The Labute approximate surface area is 123 Å². The largest absolute Gasteiger partial charge is 0.354 e. The molecule has 2 unspecified atom stereocenters. The van der Waals surface area contributed by atoms with Crippen molar-refractivity contribution in [1.82, 2.24) is 10.6 Å². The second kappa shape index (κ2) is 7.55. The van der Waals surface area contributed by atoms with E-state index >= 15 is 0 Å². The van der Waals surface area contributed by atoms with Crippen LogP contribution in [-0.2, 0) is 4.79 Å². The van der Waals surface area contributed by atoms with Gasteiger partial charge in [-0.1, -0.05) is 13.0 Å². The SMILES string of the molecule is CC(CNC(=O)C1CCCN1)c1ccc(F)cc1F.Cl. The Morgan fingerprint density at radius 2 is 2.25 bits per heavy atom. The van der Waals surface area contributed by atoms with Gasteiger partial charge in [0.25, 0.3) is 0 Å². The number of hydrogen-bond acceptors (Lipinski definition) is 2. The van der Waals surface area contributed by atoms with Crippen molar-refractivity contribution < 1.29 is 13.6 Å². The van der Waals surface area contributed by atoms with Crippen molar-refractivity contribution in [2.75, 3.05) is 13.1 Å². The summed E-state index contributed by atoms with van der Waals surface area (Å²) in [7, 11) is 0. The lowest BCUT2D eigenvalue weighted by atomic mass is 10.0. The average Bonchev–Trinajstić information content (AvgIpc) is 2.89. The molecule has 1 fully saturated rings. The molecule has 0 radical (unpaired) electrons. The highest BCUT2D eigenvalue weighted by atomic mass is 35.5. The van der Waals surface area contributed by atoms with Gasteiger partial charge in [0.1, 0.15) is 11.6 Å². The number of carbonyl (C=O) groups is 1. The third-order valence-electron chi connectivity index (χ3n) is 3.45. The molecule has 2 rings (SSSR count). The van der Waals surface area contributed by atoms with Crippen molar-refractivity contribution >= 4 is 18.3 Å². The number of hydrogen-bond donors (Lipinski definition) is 2. The predicted molar refractivity (Wildman–Crippen MR) is 76.1 cm³/mol. The third-order valence-corrected chi connectivity index (χ3v) is 3.45. The number of halogens is 3. The average molecular weight is 305 g/mol. The molecule has 0 bridgehead atoms. The lowest BCUT2D eigenvalue weighted by Gasteiger charge is -2.16. The number of benzene rings is 1. The molecule has 1 aromatic rings. The van der Waals surface area contributed by atoms with Crippen molar-refractivity contribution in [2.24, 2.45) is 0 Å². The van der Waals surface area contributed by atoms with Gasteiger partial charge in [-0.05, 0) is 31.0 Å². The Bertz CT molecular complexity index is 464. The van der Waals surface area contributed by atoms with Crippen LogP contribution in [0.15, 0.2) is 18.2 Å². The maximum atomic E-state index is 13.6. The molecule has 1 aliphatic rings. The van der Waals surface area contributed by atoms with Crippen molar-refractivity contribution in [1.29, 1.82) is 0 Å². The number of carbonyl (C=O) groups excluding carboxylic acids is 1. The summed E-state index contributed by atoms with van der Waals surface area (Å²) in [6, 6.07) is 3.39. The molecule has 1 amide bonds. The third kappa shape index (κ3) is 4.15. The number of amides is 1. The van der Waals surface area contributed by atoms with Crippen LogP contribution >= 0.6 is 12.4 Å². The van der Waals surface area contributed by atoms with Gasteiger partial charge in [-0.25, -0.2) is 8.78 Å². The minimum atomic E-state index is -0.590. The van der Waals surface area contributed by atoms with Crippen LogP contribution in [0.5, 0.6) is 0 Å². The molecule has 0 aliphatic carbocycles. The quantitative estimate of drug-likeness (QED) is 0.896. The van der Waals surface area contributed by atoms with E-state index in [0.717, 1.165) is 25.5 Å². The van der Waals surface area contributed by atoms with Gasteiger partial charge in [0.2, 0.25) is 5.91 Å². The van der Waals surface area contributed by atoms with Crippen molar-refractivity contribution in [3.8, 4) is 0 Å². The molecule has 1 saturated heterocycles. The maximum absolute atomic E-state index is 13.6. The molecule has 112 valence electrons. The van der Waals surface area contributed by atoms with E-state index in [1.165, 1.54) is 12.1 Å². The second-order valence-corrected chi connectivity index (χ2v) is 4.96. The molecule has 0 saturated carbocycles. The van der Waals surface area contributed by atoms with Crippen LogP contribution in [0.1, 0.15) is 31.2 Å². The lowest BCUT2D eigenvalue weighted by molar-refractivity contribution is -0.122. The fourth-order valence-electron chi connectivity index (χ4n) is 2.30. The molecule has 2 N–H and O–H groups in total. The Kier molecular flexibility index (Phi) is 6.36. The van der Waals surface area contributed by atoms with Crippen LogP contribution in [0.2, 0.25) is 0 Å². The fourth-order valence-corrected chi connectivity index (χ4v) is 2.30. The van der Waals surface area contributed by atoms with E-state index in [-0.39, 0.29) is 30.3 Å². The summed E-state index contributed by atoms with van der Waals surface area (Å²) in [6.07, 6.45) is 1.84. The Morgan fingerprint density at radius 3 is 2.85 bits per heavy atom.